The number of nitrogens with zero attached hydrogens (tertiary/aromatic N) is 2. The fraction of sp³-hybridized carbons (Fsp3) is 0.368. The fourth-order valence-electron chi connectivity index (χ4n) is 2.98. The molecule has 1 atom stereocenters. The van der Waals surface area contributed by atoms with Crippen molar-refractivity contribution >= 4 is 17.7 Å². The molecule has 2 N–H and O–H groups in total. The highest BCUT2D eigenvalue weighted by molar-refractivity contribution is 7.99. The summed E-state index contributed by atoms with van der Waals surface area (Å²) in [7, 11) is 2.03. The van der Waals surface area contributed by atoms with Crippen LogP contribution in [0.25, 0.3) is 0 Å². The van der Waals surface area contributed by atoms with E-state index in [4.69, 9.17) is 0 Å². The lowest BCUT2D eigenvalue weighted by molar-refractivity contribution is 0.0915. The van der Waals surface area contributed by atoms with Gasteiger partial charge in [-0.15, -0.1) is 11.8 Å². The number of nitrogens with one attached hydrogen (secondary N) is 1. The number of fused-ring (bicyclic) bond motifs is 1. The van der Waals surface area contributed by atoms with E-state index in [1.54, 1.807) is 18.0 Å². The number of carbonyl (C=O) groups is 1. The maximum atomic E-state index is 12.6. The Balaban J connectivity index is 1.71. The van der Waals surface area contributed by atoms with Crippen LogP contribution < -0.4 is 5.32 Å². The highest BCUT2D eigenvalue weighted by Gasteiger charge is 2.20. The summed E-state index contributed by atoms with van der Waals surface area (Å²) >= 11 is 1.76. The summed E-state index contributed by atoms with van der Waals surface area (Å²) in [5, 5.41) is 12.6. The minimum Gasteiger partial charge on any atom is -0.394 e. The van der Waals surface area contributed by atoms with Gasteiger partial charge in [-0.05, 0) is 42.1 Å². The highest BCUT2D eigenvalue weighted by atomic mass is 32.2. The normalized spacial score (nSPS) is 15.0. The second kappa shape index (κ2) is 7.99. The summed E-state index contributed by atoms with van der Waals surface area (Å²) in [5.41, 5.74) is 3.55. The molecule has 1 aliphatic rings. The minimum atomic E-state index is -0.427. The number of hydrogen-bond donors (Lipinski definition) is 2. The molecule has 0 saturated carbocycles. The summed E-state index contributed by atoms with van der Waals surface area (Å²) in [5.74, 6) is 0.802. The van der Waals surface area contributed by atoms with Crippen LogP contribution in [0.15, 0.2) is 41.4 Å². The van der Waals surface area contributed by atoms with E-state index in [2.05, 4.69) is 22.1 Å². The van der Waals surface area contributed by atoms with Gasteiger partial charge in [0.15, 0.2) is 0 Å². The van der Waals surface area contributed by atoms with Crippen molar-refractivity contribution < 1.29 is 9.90 Å². The average molecular weight is 357 g/mol. The Morgan fingerprint density at radius 3 is 2.80 bits per heavy atom. The molecule has 0 radical (unpaired) electrons. The number of hydrogen-bond acceptors (Lipinski definition) is 5. The third-order valence-corrected chi connectivity index (χ3v) is 5.16. The van der Waals surface area contributed by atoms with Crippen molar-refractivity contribution in [1.82, 2.24) is 15.2 Å². The second-order valence-electron chi connectivity index (χ2n) is 6.21. The van der Waals surface area contributed by atoms with Gasteiger partial charge < -0.3 is 10.4 Å². The lowest BCUT2D eigenvalue weighted by Crippen LogP contribution is -2.31. The molecular weight excluding hydrogens is 334 g/mol. The Labute approximate surface area is 152 Å². The molecule has 0 bridgehead atoms. The Kier molecular flexibility index (Phi) is 5.73. The monoisotopic (exact) mass is 357 g/mol. The molecule has 1 aromatic carbocycles. The van der Waals surface area contributed by atoms with Crippen LogP contribution in [0, 0.1) is 0 Å². The van der Waals surface area contributed by atoms with Gasteiger partial charge in [-0.25, -0.2) is 0 Å². The van der Waals surface area contributed by atoms with E-state index in [1.807, 2.05) is 37.4 Å². The van der Waals surface area contributed by atoms with E-state index in [9.17, 15) is 9.90 Å². The van der Waals surface area contributed by atoms with E-state index in [1.165, 1.54) is 4.90 Å². The van der Waals surface area contributed by atoms with E-state index < -0.39 is 6.04 Å². The second-order valence-corrected chi connectivity index (χ2v) is 7.55. The zero-order chi connectivity index (χ0) is 17.8. The molecule has 0 spiro atoms. The lowest BCUT2D eigenvalue weighted by atomic mass is 10.1. The predicted molar refractivity (Wildman–Crippen MR) is 99.5 cm³/mol. The molecule has 1 aromatic heterocycles. The summed E-state index contributed by atoms with van der Waals surface area (Å²) in [6.07, 6.45) is 1.61. The number of carbonyl (C=O) groups excluding carboxylic acids is 1. The molecule has 2 aromatic rings. The number of rotatable bonds is 6. The molecule has 0 aliphatic carbocycles. The third kappa shape index (κ3) is 4.21. The van der Waals surface area contributed by atoms with Crippen LogP contribution in [-0.4, -0.2) is 40.3 Å². The quantitative estimate of drug-likeness (QED) is 0.778. The Bertz CT molecular complexity index is 749. The number of thioether (sulfide) groups is 1. The van der Waals surface area contributed by atoms with Crippen LogP contribution in [-0.2, 0) is 13.1 Å². The van der Waals surface area contributed by atoms with Gasteiger partial charge in [-0.2, -0.15) is 0 Å². The Morgan fingerprint density at radius 2 is 2.12 bits per heavy atom. The van der Waals surface area contributed by atoms with Gasteiger partial charge in [0.2, 0.25) is 0 Å². The van der Waals surface area contributed by atoms with Crippen LogP contribution in [0.1, 0.15) is 40.1 Å². The molecule has 0 fully saturated rings. The molecule has 5 nitrogen and oxygen atoms in total. The Morgan fingerprint density at radius 1 is 1.36 bits per heavy atom. The largest absolute Gasteiger partial charge is 0.394 e. The zero-order valence-electron chi connectivity index (χ0n) is 14.5. The van der Waals surface area contributed by atoms with Crippen LogP contribution in [0.3, 0.4) is 0 Å². The number of aliphatic hydroxyl groups excluding tert-OH is 1. The molecule has 0 saturated heterocycles. The van der Waals surface area contributed by atoms with E-state index >= 15 is 0 Å². The average Bonchev–Trinajstić information content (AvgIpc) is 2.99. The smallest absolute Gasteiger partial charge is 0.253 e. The van der Waals surface area contributed by atoms with Crippen molar-refractivity contribution in [1.29, 1.82) is 0 Å². The zero-order valence-corrected chi connectivity index (χ0v) is 15.3. The third-order valence-electron chi connectivity index (χ3n) is 4.26. The van der Waals surface area contributed by atoms with Gasteiger partial charge in [-0.1, -0.05) is 19.1 Å². The maximum Gasteiger partial charge on any atom is 0.253 e. The number of benzene rings is 1. The van der Waals surface area contributed by atoms with Crippen LogP contribution in [0.2, 0.25) is 0 Å². The fourth-order valence-corrected chi connectivity index (χ4v) is 3.65. The van der Waals surface area contributed by atoms with E-state index in [0.717, 1.165) is 35.7 Å². The standard InChI is InChI=1S/C19H23N3O2S/c1-3-25-16-6-4-13(5-7-16)18(12-23)21-19(24)14-8-15-10-22(2)11-17(15)20-9-14/h4-9,18,23H,3,10-12H2,1-2H3,(H,21,24). The van der Waals surface area contributed by atoms with Crippen molar-refractivity contribution in [2.45, 2.75) is 31.0 Å². The first-order chi connectivity index (χ1) is 12.1. The van der Waals surface area contributed by atoms with Crippen molar-refractivity contribution in [3.8, 4) is 0 Å². The summed E-state index contributed by atoms with van der Waals surface area (Å²) in [6, 6.07) is 9.42. The van der Waals surface area contributed by atoms with Gasteiger partial charge in [0.05, 0.1) is 23.9 Å². The summed E-state index contributed by atoms with van der Waals surface area (Å²) < 4.78 is 0. The highest BCUT2D eigenvalue weighted by Crippen LogP contribution is 2.22. The first kappa shape index (κ1) is 17.9. The molecule has 1 aliphatic heterocycles. The summed E-state index contributed by atoms with van der Waals surface area (Å²) in [6.45, 7) is 3.59. The predicted octanol–water partition coefficient (Wildman–Crippen LogP) is 2.60. The minimum absolute atomic E-state index is 0.146. The van der Waals surface area contributed by atoms with Crippen molar-refractivity contribution in [3.05, 3.63) is 58.9 Å². The molecule has 3 rings (SSSR count). The topological polar surface area (TPSA) is 65.5 Å². The van der Waals surface area contributed by atoms with Crippen molar-refractivity contribution in [3.63, 3.8) is 0 Å². The number of aromatic nitrogens is 1. The first-order valence-electron chi connectivity index (χ1n) is 8.41. The van der Waals surface area contributed by atoms with E-state index in [-0.39, 0.29) is 12.5 Å². The van der Waals surface area contributed by atoms with Gasteiger partial charge >= 0.3 is 0 Å². The molecule has 25 heavy (non-hydrogen) atoms. The van der Waals surface area contributed by atoms with Gasteiger partial charge in [0.25, 0.3) is 5.91 Å². The van der Waals surface area contributed by atoms with Crippen LogP contribution in [0.4, 0.5) is 0 Å². The number of amides is 1. The maximum absolute atomic E-state index is 12.6. The number of pyridine rings is 1. The van der Waals surface area contributed by atoms with Crippen LogP contribution in [0.5, 0.6) is 0 Å². The van der Waals surface area contributed by atoms with Gasteiger partial charge in [-0.3, -0.25) is 14.7 Å². The molecule has 2 heterocycles. The van der Waals surface area contributed by atoms with Gasteiger partial charge in [0, 0.05) is 24.2 Å². The van der Waals surface area contributed by atoms with Crippen molar-refractivity contribution in [2.24, 2.45) is 0 Å². The molecule has 132 valence electrons. The first-order valence-corrected chi connectivity index (χ1v) is 9.40. The SMILES string of the molecule is CCSc1ccc(C(CO)NC(=O)c2cnc3c(c2)CN(C)C3)cc1. The lowest BCUT2D eigenvalue weighted by Gasteiger charge is -2.17. The summed E-state index contributed by atoms with van der Waals surface area (Å²) in [4.78, 5) is 20.3. The molecule has 6 heteroatoms. The molecular formula is C19H23N3O2S. The van der Waals surface area contributed by atoms with Crippen molar-refractivity contribution in [2.75, 3.05) is 19.4 Å². The molecule has 1 amide bonds. The van der Waals surface area contributed by atoms with Crippen LogP contribution >= 0.6 is 11.8 Å². The van der Waals surface area contributed by atoms with Gasteiger partial charge in [0.1, 0.15) is 0 Å². The van der Waals surface area contributed by atoms with E-state index in [0.29, 0.717) is 5.56 Å². The molecule has 1 unspecified atom stereocenters. The Hall–Kier alpha value is -1.89. The number of aliphatic hydroxyl groups is 1.